The Morgan fingerprint density at radius 2 is 1.66 bits per heavy atom. The summed E-state index contributed by atoms with van der Waals surface area (Å²) in [5, 5.41) is 8.17. The lowest BCUT2D eigenvalue weighted by Gasteiger charge is -2.30. The van der Waals surface area contributed by atoms with Crippen LogP contribution in [0.5, 0.6) is 0 Å². The summed E-state index contributed by atoms with van der Waals surface area (Å²) >= 11 is 0. The lowest BCUT2D eigenvalue weighted by atomic mass is 9.99. The minimum atomic E-state index is -1.06. The van der Waals surface area contributed by atoms with Crippen molar-refractivity contribution in [1.29, 1.82) is 0 Å². The van der Waals surface area contributed by atoms with Gasteiger partial charge >= 0.3 is 6.03 Å². The van der Waals surface area contributed by atoms with Crippen molar-refractivity contribution in [2.24, 2.45) is 5.92 Å². The van der Waals surface area contributed by atoms with Crippen molar-refractivity contribution >= 4 is 23.6 Å². The number of hydrogen-bond acceptors (Lipinski definition) is 6. The Morgan fingerprint density at radius 1 is 1.00 bits per heavy atom. The standard InChI is InChI=1S/C25H39N5O5/c1-18(2)16-21(28-25(34)30-12-14-35-15-13-30)23(32)27-20(17-19-8-6-5-7-9-19)22(31)24(33)26-10-11-29(3)4/h5-9,18,20-21H,10-17H2,1-4H3,(H,26,33)(H,27,32)(H,28,34)/t20-,21-/m0/s1. The maximum absolute atomic E-state index is 13.3. The van der Waals surface area contributed by atoms with Crippen LogP contribution in [0.25, 0.3) is 0 Å². The van der Waals surface area contributed by atoms with E-state index >= 15 is 0 Å². The van der Waals surface area contributed by atoms with Crippen molar-refractivity contribution < 1.29 is 23.9 Å². The normalized spacial score (nSPS) is 15.4. The molecule has 0 aliphatic carbocycles. The van der Waals surface area contributed by atoms with Gasteiger partial charge in [-0.1, -0.05) is 44.2 Å². The number of ketones is 1. The van der Waals surface area contributed by atoms with Gasteiger partial charge in [0.05, 0.1) is 13.2 Å². The number of carbonyl (C=O) groups excluding carboxylic acids is 4. The van der Waals surface area contributed by atoms with E-state index in [0.717, 1.165) is 5.56 Å². The average molecular weight is 490 g/mol. The minimum absolute atomic E-state index is 0.119. The SMILES string of the molecule is CC(C)C[C@H](NC(=O)N1CCOCC1)C(=O)N[C@@H](Cc1ccccc1)C(=O)C(=O)NCCN(C)C. The first-order chi connectivity index (χ1) is 16.7. The number of Topliss-reactive ketones (excluding diaryl/α,β-unsaturated/α-hetero) is 1. The number of urea groups is 1. The summed E-state index contributed by atoms with van der Waals surface area (Å²) in [5.74, 6) is -1.83. The van der Waals surface area contributed by atoms with E-state index in [1.165, 1.54) is 0 Å². The Labute approximate surface area is 207 Å². The number of carbonyl (C=O) groups is 4. The fourth-order valence-corrected chi connectivity index (χ4v) is 3.68. The molecule has 1 aromatic rings. The molecule has 3 N–H and O–H groups in total. The fraction of sp³-hybridized carbons (Fsp3) is 0.600. The number of rotatable bonds is 12. The summed E-state index contributed by atoms with van der Waals surface area (Å²) in [5.41, 5.74) is 0.810. The number of likely N-dealkylation sites (N-methyl/N-ethyl adjacent to an activating group) is 1. The first kappa shape index (κ1) is 28.3. The summed E-state index contributed by atoms with van der Waals surface area (Å²) in [6.45, 7) is 6.59. The minimum Gasteiger partial charge on any atom is -0.378 e. The molecule has 10 nitrogen and oxygen atoms in total. The summed E-state index contributed by atoms with van der Waals surface area (Å²) in [4.78, 5) is 55.1. The summed E-state index contributed by atoms with van der Waals surface area (Å²) in [6.07, 6.45) is 0.557. The van der Waals surface area contributed by atoms with Crippen LogP contribution in [0, 0.1) is 5.92 Å². The molecule has 2 atom stereocenters. The lowest BCUT2D eigenvalue weighted by molar-refractivity contribution is -0.140. The molecule has 4 amide bonds. The lowest BCUT2D eigenvalue weighted by Crippen LogP contribution is -2.57. The van der Waals surface area contributed by atoms with Crippen molar-refractivity contribution in [3.05, 3.63) is 35.9 Å². The van der Waals surface area contributed by atoms with E-state index < -0.39 is 29.7 Å². The number of nitrogens with zero attached hydrogens (tertiary/aromatic N) is 2. The molecule has 0 unspecified atom stereocenters. The van der Waals surface area contributed by atoms with Crippen molar-refractivity contribution in [1.82, 2.24) is 25.8 Å². The molecule has 35 heavy (non-hydrogen) atoms. The molecular formula is C25H39N5O5. The molecule has 0 saturated carbocycles. The van der Waals surface area contributed by atoms with Crippen LogP contribution in [0.2, 0.25) is 0 Å². The number of morpholine rings is 1. The maximum atomic E-state index is 13.3. The van der Waals surface area contributed by atoms with E-state index in [9.17, 15) is 19.2 Å². The highest BCUT2D eigenvalue weighted by Gasteiger charge is 2.31. The van der Waals surface area contributed by atoms with Gasteiger partial charge in [-0.25, -0.2) is 4.79 Å². The highest BCUT2D eigenvalue weighted by molar-refractivity contribution is 6.38. The van der Waals surface area contributed by atoms with Gasteiger partial charge < -0.3 is 30.5 Å². The second kappa shape index (κ2) is 14.4. The third-order valence-electron chi connectivity index (χ3n) is 5.60. The largest absolute Gasteiger partial charge is 0.378 e. The molecule has 0 spiro atoms. The second-order valence-corrected chi connectivity index (χ2v) is 9.41. The van der Waals surface area contributed by atoms with Crippen LogP contribution in [0.15, 0.2) is 30.3 Å². The van der Waals surface area contributed by atoms with Crippen molar-refractivity contribution in [3.63, 3.8) is 0 Å². The van der Waals surface area contributed by atoms with Crippen molar-refractivity contribution in [2.45, 2.75) is 38.8 Å². The zero-order valence-corrected chi connectivity index (χ0v) is 21.2. The Morgan fingerprint density at radius 3 is 2.26 bits per heavy atom. The zero-order chi connectivity index (χ0) is 25.8. The van der Waals surface area contributed by atoms with E-state index in [1.54, 1.807) is 4.90 Å². The van der Waals surface area contributed by atoms with Crippen LogP contribution in [0.1, 0.15) is 25.8 Å². The van der Waals surface area contributed by atoms with Gasteiger partial charge in [0.1, 0.15) is 12.1 Å². The number of amides is 4. The van der Waals surface area contributed by atoms with Gasteiger partial charge in [0.25, 0.3) is 5.91 Å². The average Bonchev–Trinajstić information content (AvgIpc) is 2.83. The molecule has 1 aromatic carbocycles. The van der Waals surface area contributed by atoms with E-state index in [4.69, 9.17) is 4.74 Å². The van der Waals surface area contributed by atoms with Gasteiger partial charge in [-0.3, -0.25) is 14.4 Å². The molecule has 1 heterocycles. The third-order valence-corrected chi connectivity index (χ3v) is 5.60. The second-order valence-electron chi connectivity index (χ2n) is 9.41. The van der Waals surface area contributed by atoms with E-state index in [1.807, 2.05) is 63.2 Å². The summed E-state index contributed by atoms with van der Waals surface area (Å²) in [7, 11) is 3.74. The van der Waals surface area contributed by atoms with E-state index in [0.29, 0.717) is 45.8 Å². The van der Waals surface area contributed by atoms with Crippen LogP contribution in [-0.4, -0.2) is 99.0 Å². The maximum Gasteiger partial charge on any atom is 0.318 e. The summed E-state index contributed by atoms with van der Waals surface area (Å²) < 4.78 is 5.29. The fourth-order valence-electron chi connectivity index (χ4n) is 3.68. The monoisotopic (exact) mass is 489 g/mol. The molecule has 1 saturated heterocycles. The van der Waals surface area contributed by atoms with Crippen LogP contribution in [0.3, 0.4) is 0 Å². The summed E-state index contributed by atoms with van der Waals surface area (Å²) in [6, 6.07) is 6.95. The Balaban J connectivity index is 2.13. The highest BCUT2D eigenvalue weighted by atomic mass is 16.5. The van der Waals surface area contributed by atoms with Gasteiger partial charge in [0.15, 0.2) is 0 Å². The van der Waals surface area contributed by atoms with Crippen LogP contribution >= 0.6 is 0 Å². The number of ether oxygens (including phenoxy) is 1. The molecule has 0 aromatic heterocycles. The molecule has 10 heteroatoms. The first-order valence-corrected chi connectivity index (χ1v) is 12.1. The molecule has 1 aliphatic rings. The van der Waals surface area contributed by atoms with E-state index in [-0.39, 0.29) is 18.4 Å². The Kier molecular flexibility index (Phi) is 11.6. The molecule has 2 rings (SSSR count). The molecule has 0 bridgehead atoms. The number of nitrogens with one attached hydrogen (secondary N) is 3. The van der Waals surface area contributed by atoms with Gasteiger partial charge in [0, 0.05) is 32.6 Å². The molecule has 194 valence electrons. The Bertz CT molecular complexity index is 840. The van der Waals surface area contributed by atoms with Gasteiger partial charge in [0.2, 0.25) is 11.7 Å². The van der Waals surface area contributed by atoms with Crippen LogP contribution in [0.4, 0.5) is 4.79 Å². The van der Waals surface area contributed by atoms with Gasteiger partial charge in [-0.15, -0.1) is 0 Å². The smallest absolute Gasteiger partial charge is 0.318 e. The Hall–Kier alpha value is -2.98. The van der Waals surface area contributed by atoms with Crippen molar-refractivity contribution in [3.8, 4) is 0 Å². The number of benzene rings is 1. The topological polar surface area (TPSA) is 120 Å². The molecule has 0 radical (unpaired) electrons. The van der Waals surface area contributed by atoms with Gasteiger partial charge in [-0.2, -0.15) is 0 Å². The predicted octanol–water partition coefficient (Wildman–Crippen LogP) is 0.417. The highest BCUT2D eigenvalue weighted by Crippen LogP contribution is 2.09. The van der Waals surface area contributed by atoms with Crippen molar-refractivity contribution in [2.75, 3.05) is 53.5 Å². The zero-order valence-electron chi connectivity index (χ0n) is 21.2. The first-order valence-electron chi connectivity index (χ1n) is 12.1. The quantitative estimate of drug-likeness (QED) is 0.366. The number of hydrogen-bond donors (Lipinski definition) is 3. The molecule has 1 aliphatic heterocycles. The third kappa shape index (κ3) is 10.0. The predicted molar refractivity (Wildman–Crippen MR) is 133 cm³/mol. The van der Waals surface area contributed by atoms with Crippen LogP contribution < -0.4 is 16.0 Å². The van der Waals surface area contributed by atoms with Gasteiger partial charge in [-0.05, 0) is 32.0 Å². The molecule has 1 fully saturated rings. The van der Waals surface area contributed by atoms with Crippen LogP contribution in [-0.2, 0) is 25.5 Å². The molecular weight excluding hydrogens is 450 g/mol. The van der Waals surface area contributed by atoms with E-state index in [2.05, 4.69) is 16.0 Å².